The maximum absolute atomic E-state index is 12.3. The van der Waals surface area contributed by atoms with Crippen molar-refractivity contribution in [2.45, 2.75) is 10.7 Å². The summed E-state index contributed by atoms with van der Waals surface area (Å²) in [5.41, 5.74) is 0.159. The highest BCUT2D eigenvalue weighted by Gasteiger charge is 2.26. The molecule has 2 N–H and O–H groups in total. The first kappa shape index (κ1) is 17.0. The predicted octanol–water partition coefficient (Wildman–Crippen LogP) is 0.723. The third-order valence-corrected chi connectivity index (χ3v) is 3.56. The van der Waals surface area contributed by atoms with Crippen molar-refractivity contribution in [2.75, 3.05) is 18.5 Å². The smallest absolute Gasteiger partial charge is 0.341 e. The lowest BCUT2D eigenvalue weighted by atomic mass is 10.3. The van der Waals surface area contributed by atoms with E-state index in [4.69, 9.17) is 5.11 Å². The van der Waals surface area contributed by atoms with Crippen LogP contribution in [0.5, 0.6) is 0 Å². The van der Waals surface area contributed by atoms with Gasteiger partial charge in [0.1, 0.15) is 13.2 Å². The van der Waals surface area contributed by atoms with Gasteiger partial charge in [0.25, 0.3) is 0 Å². The minimum absolute atomic E-state index is 0.159. The quantitative estimate of drug-likeness (QED) is 0.765. The monoisotopic (exact) mass is 323 g/mol. The van der Waals surface area contributed by atoms with Gasteiger partial charge in [0.05, 0.1) is 4.90 Å². The van der Waals surface area contributed by atoms with Gasteiger partial charge in [-0.25, -0.2) is 13.2 Å². The van der Waals surface area contributed by atoms with Crippen molar-refractivity contribution in [3.05, 3.63) is 24.3 Å². The van der Waals surface area contributed by atoms with Crippen molar-refractivity contribution in [3.63, 3.8) is 0 Å². The summed E-state index contributed by atoms with van der Waals surface area (Å²) < 4.78 is 51.4. The highest BCUT2D eigenvalue weighted by molar-refractivity contribution is 7.91. The molecule has 1 aromatic carbocycles. The van der Waals surface area contributed by atoms with E-state index in [2.05, 4.69) is 10.1 Å². The molecule has 0 aliphatic heterocycles. The molecule has 0 aromatic heterocycles. The number of aliphatic carboxylic acids is 1. The lowest BCUT2D eigenvalue weighted by Crippen LogP contribution is -2.20. The molecule has 0 aliphatic rings. The topological polar surface area (TPSA) is 110 Å². The number of anilines is 1. The van der Waals surface area contributed by atoms with Gasteiger partial charge in [0.15, 0.2) is 0 Å². The van der Waals surface area contributed by atoms with E-state index in [9.17, 15) is 26.8 Å². The molecule has 1 rings (SSSR count). The number of ether oxygens (including phenoxy) is 1. The van der Waals surface area contributed by atoms with Crippen LogP contribution >= 0.6 is 0 Å². The Kier molecular flexibility index (Phi) is 5.73. The number of halogens is 2. The fraction of sp³-hybridized carbons (Fsp3) is 0.273. The van der Waals surface area contributed by atoms with E-state index >= 15 is 0 Å². The summed E-state index contributed by atoms with van der Waals surface area (Å²) >= 11 is 0. The number of carbonyl (C=O) groups excluding carboxylic acids is 1. The molecule has 0 atom stereocenters. The van der Waals surface area contributed by atoms with E-state index in [1.165, 1.54) is 0 Å². The van der Waals surface area contributed by atoms with Crippen molar-refractivity contribution >= 4 is 27.4 Å². The SMILES string of the molecule is O=C(O)COCC(=O)Nc1ccc(S(=O)(=O)C(F)F)cc1. The van der Waals surface area contributed by atoms with E-state index in [1.54, 1.807) is 0 Å². The number of alkyl halides is 2. The van der Waals surface area contributed by atoms with Crippen LogP contribution in [0.4, 0.5) is 14.5 Å². The highest BCUT2D eigenvalue weighted by Crippen LogP contribution is 2.20. The van der Waals surface area contributed by atoms with Crippen molar-refractivity contribution < 1.29 is 36.6 Å². The minimum atomic E-state index is -4.68. The van der Waals surface area contributed by atoms with Gasteiger partial charge in [-0.15, -0.1) is 0 Å². The fourth-order valence-corrected chi connectivity index (χ4v) is 1.98. The van der Waals surface area contributed by atoms with Crippen molar-refractivity contribution in [3.8, 4) is 0 Å². The van der Waals surface area contributed by atoms with Gasteiger partial charge in [0.2, 0.25) is 15.7 Å². The van der Waals surface area contributed by atoms with Crippen LogP contribution < -0.4 is 5.32 Å². The molecule has 0 saturated heterocycles. The molecule has 0 fully saturated rings. The standard InChI is InChI=1S/C11H11F2NO6S/c12-11(13)21(18,19)8-3-1-7(2-4-8)14-9(15)5-20-6-10(16)17/h1-4,11H,5-6H2,(H,14,15)(H,16,17). The van der Waals surface area contributed by atoms with Crippen LogP contribution in [0.25, 0.3) is 0 Å². The van der Waals surface area contributed by atoms with Gasteiger partial charge in [-0.2, -0.15) is 8.78 Å². The molecule has 1 aromatic rings. The predicted molar refractivity (Wildman–Crippen MR) is 66.7 cm³/mol. The zero-order chi connectivity index (χ0) is 16.0. The lowest BCUT2D eigenvalue weighted by molar-refractivity contribution is -0.143. The second-order valence-corrected chi connectivity index (χ2v) is 5.68. The number of carbonyl (C=O) groups is 2. The van der Waals surface area contributed by atoms with Crippen LogP contribution in [0.3, 0.4) is 0 Å². The first-order valence-corrected chi connectivity index (χ1v) is 6.99. The highest BCUT2D eigenvalue weighted by atomic mass is 32.2. The molecule has 0 radical (unpaired) electrons. The van der Waals surface area contributed by atoms with Crippen LogP contribution in [-0.2, 0) is 24.2 Å². The van der Waals surface area contributed by atoms with Crippen LogP contribution in [0.1, 0.15) is 0 Å². The summed E-state index contributed by atoms with van der Waals surface area (Å²) in [5.74, 6) is -5.42. The number of nitrogens with one attached hydrogen (secondary N) is 1. The average molecular weight is 323 g/mol. The molecule has 21 heavy (non-hydrogen) atoms. The zero-order valence-corrected chi connectivity index (χ0v) is 11.3. The van der Waals surface area contributed by atoms with Gasteiger partial charge < -0.3 is 15.2 Å². The van der Waals surface area contributed by atoms with E-state index in [0.29, 0.717) is 0 Å². The molecule has 0 heterocycles. The number of hydrogen-bond acceptors (Lipinski definition) is 5. The summed E-state index contributed by atoms with van der Waals surface area (Å²) in [6.07, 6.45) is 0. The van der Waals surface area contributed by atoms with E-state index in [-0.39, 0.29) is 5.69 Å². The largest absolute Gasteiger partial charge is 0.480 e. The van der Waals surface area contributed by atoms with Gasteiger partial charge in [-0.3, -0.25) is 4.79 Å². The molecule has 0 saturated carbocycles. The number of sulfone groups is 1. The molecular formula is C11H11F2NO6S. The van der Waals surface area contributed by atoms with Crippen molar-refractivity contribution in [2.24, 2.45) is 0 Å². The molecule has 1 amide bonds. The summed E-state index contributed by atoms with van der Waals surface area (Å²) in [6.45, 7) is -1.15. The summed E-state index contributed by atoms with van der Waals surface area (Å²) in [7, 11) is -4.68. The second kappa shape index (κ2) is 7.09. The molecule has 10 heteroatoms. The average Bonchev–Trinajstić information content (AvgIpc) is 2.38. The maximum atomic E-state index is 12.3. The van der Waals surface area contributed by atoms with Crippen molar-refractivity contribution in [1.29, 1.82) is 0 Å². The third-order valence-electron chi connectivity index (χ3n) is 2.16. The zero-order valence-electron chi connectivity index (χ0n) is 10.5. The van der Waals surface area contributed by atoms with E-state index in [0.717, 1.165) is 24.3 Å². The molecule has 0 bridgehead atoms. The lowest BCUT2D eigenvalue weighted by Gasteiger charge is -2.07. The first-order chi connectivity index (χ1) is 9.73. The Morgan fingerprint density at radius 2 is 1.76 bits per heavy atom. The molecule has 7 nitrogen and oxygen atoms in total. The van der Waals surface area contributed by atoms with Gasteiger partial charge in [0, 0.05) is 5.69 Å². The number of hydrogen-bond donors (Lipinski definition) is 2. The number of carboxylic acid groups (broad SMARTS) is 1. The van der Waals surface area contributed by atoms with Gasteiger partial charge >= 0.3 is 11.7 Å². The van der Waals surface area contributed by atoms with Crippen LogP contribution in [0, 0.1) is 0 Å². The fourth-order valence-electron chi connectivity index (χ4n) is 1.26. The Hall–Kier alpha value is -2.07. The Balaban J connectivity index is 2.63. The first-order valence-electron chi connectivity index (χ1n) is 5.45. The summed E-state index contributed by atoms with van der Waals surface area (Å²) in [6, 6.07) is 4.11. The number of carboxylic acids is 1. The molecule has 0 unspecified atom stereocenters. The van der Waals surface area contributed by atoms with Crippen LogP contribution in [0.2, 0.25) is 0 Å². The van der Waals surface area contributed by atoms with Crippen molar-refractivity contribution in [1.82, 2.24) is 0 Å². The van der Waals surface area contributed by atoms with E-state index in [1.807, 2.05) is 0 Å². The van der Waals surface area contributed by atoms with Crippen LogP contribution in [-0.4, -0.2) is 44.4 Å². The third kappa shape index (κ3) is 5.08. The Morgan fingerprint density at radius 1 is 1.19 bits per heavy atom. The van der Waals surface area contributed by atoms with Gasteiger partial charge in [-0.1, -0.05) is 0 Å². The van der Waals surface area contributed by atoms with E-state index < -0.39 is 45.6 Å². The normalized spacial score (nSPS) is 11.4. The summed E-state index contributed by atoms with van der Waals surface area (Å²) in [5, 5.41) is 10.6. The van der Waals surface area contributed by atoms with Gasteiger partial charge in [-0.05, 0) is 24.3 Å². The molecular weight excluding hydrogens is 312 g/mol. The maximum Gasteiger partial charge on any atom is 0.341 e. The second-order valence-electron chi connectivity index (χ2n) is 3.76. The Morgan fingerprint density at radius 3 is 2.24 bits per heavy atom. The summed E-state index contributed by atoms with van der Waals surface area (Å²) in [4.78, 5) is 20.9. The van der Waals surface area contributed by atoms with Crippen LogP contribution in [0.15, 0.2) is 29.2 Å². The number of rotatable bonds is 7. The number of benzene rings is 1. The molecule has 116 valence electrons. The number of amides is 1. The Labute approximate surface area is 118 Å². The minimum Gasteiger partial charge on any atom is -0.480 e. The Bertz CT molecular complexity index is 614. The molecule has 0 aliphatic carbocycles. The molecule has 0 spiro atoms.